The third-order valence-electron chi connectivity index (χ3n) is 5.42. The molecule has 1 aliphatic heterocycles. The van der Waals surface area contributed by atoms with Gasteiger partial charge in [-0.05, 0) is 55.5 Å². The van der Waals surface area contributed by atoms with Crippen LogP contribution < -0.4 is 15.5 Å². The van der Waals surface area contributed by atoms with E-state index in [1.165, 1.54) is 23.9 Å². The second-order valence-electron chi connectivity index (χ2n) is 7.99. The number of nitrogens with one attached hydrogen (secondary N) is 2. The fraction of sp³-hybridized carbons (Fsp3) is 0.455. The summed E-state index contributed by atoms with van der Waals surface area (Å²) in [5, 5.41) is 15.1. The molecule has 31 heavy (non-hydrogen) atoms. The Hall–Kier alpha value is -2.68. The Labute approximate surface area is 185 Å². The summed E-state index contributed by atoms with van der Waals surface area (Å²) in [6.07, 6.45) is 4.05. The summed E-state index contributed by atoms with van der Waals surface area (Å²) in [6.45, 7) is 1.88. The van der Waals surface area contributed by atoms with Gasteiger partial charge in [-0.15, -0.1) is 10.2 Å². The van der Waals surface area contributed by atoms with Crippen molar-refractivity contribution in [2.24, 2.45) is 5.92 Å². The first-order chi connectivity index (χ1) is 15.1. The Balaban J connectivity index is 1.22. The van der Waals surface area contributed by atoms with Crippen LogP contribution in [-0.4, -0.2) is 46.9 Å². The molecule has 9 heteroatoms. The van der Waals surface area contributed by atoms with Crippen LogP contribution in [0.1, 0.15) is 31.2 Å². The van der Waals surface area contributed by atoms with Gasteiger partial charge < -0.3 is 15.5 Å². The topological polar surface area (TPSA) is 87.2 Å². The zero-order chi connectivity index (χ0) is 21.6. The molecule has 1 saturated carbocycles. The quantitative estimate of drug-likeness (QED) is 0.610. The minimum Gasteiger partial charge on any atom is -0.354 e. The van der Waals surface area contributed by atoms with Crippen molar-refractivity contribution >= 4 is 29.4 Å². The lowest BCUT2D eigenvalue weighted by molar-refractivity contribution is -0.125. The molecule has 2 aliphatic rings. The third-order valence-corrected chi connectivity index (χ3v) is 6.34. The average molecular weight is 444 g/mol. The van der Waals surface area contributed by atoms with Gasteiger partial charge in [0.1, 0.15) is 10.8 Å². The summed E-state index contributed by atoms with van der Waals surface area (Å²) in [7, 11) is 0. The van der Waals surface area contributed by atoms with E-state index in [1.807, 2.05) is 12.1 Å². The molecule has 1 atom stereocenters. The number of anilines is 1. The van der Waals surface area contributed by atoms with Crippen LogP contribution in [0.4, 0.5) is 10.2 Å². The fourth-order valence-corrected chi connectivity index (χ4v) is 4.14. The summed E-state index contributed by atoms with van der Waals surface area (Å²) in [4.78, 5) is 26.5. The van der Waals surface area contributed by atoms with Gasteiger partial charge in [0.15, 0.2) is 5.82 Å². The summed E-state index contributed by atoms with van der Waals surface area (Å²) < 4.78 is 12.9. The summed E-state index contributed by atoms with van der Waals surface area (Å²) in [5.41, 5.74) is 0.842. The highest BCUT2D eigenvalue weighted by atomic mass is 32.2. The van der Waals surface area contributed by atoms with Crippen LogP contribution in [0.5, 0.6) is 0 Å². The summed E-state index contributed by atoms with van der Waals surface area (Å²) >= 11 is 1.31. The number of hydrogen-bond acceptors (Lipinski definition) is 6. The van der Waals surface area contributed by atoms with E-state index >= 15 is 0 Å². The molecule has 2 aromatic rings. The number of amides is 2. The van der Waals surface area contributed by atoms with E-state index in [-0.39, 0.29) is 29.3 Å². The van der Waals surface area contributed by atoms with Crippen molar-refractivity contribution in [2.75, 3.05) is 23.7 Å². The molecular formula is C22H26FN5O2S. The largest absolute Gasteiger partial charge is 0.354 e. The number of halogens is 1. The lowest BCUT2D eigenvalue weighted by Gasteiger charge is -2.32. The fourth-order valence-electron chi connectivity index (χ4n) is 3.50. The third kappa shape index (κ3) is 6.40. The molecule has 1 aromatic carbocycles. The minimum atomic E-state index is -0.297. The predicted octanol–water partition coefficient (Wildman–Crippen LogP) is 2.52. The maximum atomic E-state index is 12.9. The van der Waals surface area contributed by atoms with Crippen LogP contribution in [0.15, 0.2) is 41.4 Å². The van der Waals surface area contributed by atoms with Crippen molar-refractivity contribution in [1.82, 2.24) is 20.8 Å². The first-order valence-corrected chi connectivity index (χ1v) is 11.6. The van der Waals surface area contributed by atoms with E-state index in [2.05, 4.69) is 25.7 Å². The molecule has 2 heterocycles. The zero-order valence-electron chi connectivity index (χ0n) is 17.2. The van der Waals surface area contributed by atoms with E-state index in [4.69, 9.17) is 0 Å². The highest BCUT2D eigenvalue weighted by Gasteiger charge is 2.30. The maximum absolute atomic E-state index is 12.9. The average Bonchev–Trinajstić information content (AvgIpc) is 3.62. The van der Waals surface area contributed by atoms with Gasteiger partial charge in [-0.25, -0.2) is 4.39 Å². The van der Waals surface area contributed by atoms with Crippen LogP contribution in [0.25, 0.3) is 0 Å². The standard InChI is InChI=1S/C22H26FN5O2S/c23-17-5-3-15(4-6-17)12-24-20(29)14-31-21-10-9-19(26-27-21)28-11-1-2-16(13-28)22(30)25-18-7-8-18/h3-6,9-10,16,18H,1-2,7-8,11-14H2,(H,24,29)(H,25,30)/t16-/m0/s1. The monoisotopic (exact) mass is 443 g/mol. The first-order valence-electron chi connectivity index (χ1n) is 10.6. The van der Waals surface area contributed by atoms with E-state index in [1.54, 1.807) is 12.1 Å². The van der Waals surface area contributed by atoms with Crippen LogP contribution >= 0.6 is 11.8 Å². The molecule has 1 aromatic heterocycles. The smallest absolute Gasteiger partial charge is 0.230 e. The Morgan fingerprint density at radius 1 is 1.10 bits per heavy atom. The molecule has 7 nitrogen and oxygen atoms in total. The molecule has 2 N–H and O–H groups in total. The normalized spacial score (nSPS) is 18.5. The Kier molecular flexibility index (Phi) is 7.01. The van der Waals surface area contributed by atoms with Crippen LogP contribution in [-0.2, 0) is 16.1 Å². The van der Waals surface area contributed by atoms with E-state index in [0.717, 1.165) is 43.6 Å². The van der Waals surface area contributed by atoms with Crippen molar-refractivity contribution in [2.45, 2.75) is 43.3 Å². The molecule has 0 bridgehead atoms. The second-order valence-corrected chi connectivity index (χ2v) is 8.99. The van der Waals surface area contributed by atoms with Crippen LogP contribution in [0.3, 0.4) is 0 Å². The van der Waals surface area contributed by atoms with Crippen molar-refractivity contribution in [3.63, 3.8) is 0 Å². The second kappa shape index (κ2) is 10.1. The van der Waals surface area contributed by atoms with Gasteiger partial charge in [0.05, 0.1) is 11.7 Å². The van der Waals surface area contributed by atoms with Crippen molar-refractivity contribution in [3.8, 4) is 0 Å². The molecule has 164 valence electrons. The van der Waals surface area contributed by atoms with Crippen molar-refractivity contribution < 1.29 is 14.0 Å². The number of carbonyl (C=O) groups is 2. The van der Waals surface area contributed by atoms with Gasteiger partial charge in [0.25, 0.3) is 0 Å². The SMILES string of the molecule is O=C(CSc1ccc(N2CCC[C@H](C(=O)NC3CC3)C2)nn1)NCc1ccc(F)cc1. The van der Waals surface area contributed by atoms with Gasteiger partial charge >= 0.3 is 0 Å². The maximum Gasteiger partial charge on any atom is 0.230 e. The van der Waals surface area contributed by atoms with E-state index in [9.17, 15) is 14.0 Å². The number of rotatable bonds is 8. The van der Waals surface area contributed by atoms with Gasteiger partial charge in [-0.2, -0.15) is 0 Å². The van der Waals surface area contributed by atoms with Crippen LogP contribution in [0.2, 0.25) is 0 Å². The summed E-state index contributed by atoms with van der Waals surface area (Å²) in [6, 6.07) is 10.2. The van der Waals surface area contributed by atoms with Crippen molar-refractivity contribution in [3.05, 3.63) is 47.8 Å². The van der Waals surface area contributed by atoms with E-state index < -0.39 is 0 Å². The number of aromatic nitrogens is 2. The number of carbonyl (C=O) groups excluding carboxylic acids is 2. The Morgan fingerprint density at radius 3 is 2.61 bits per heavy atom. The number of thioether (sulfide) groups is 1. The summed E-state index contributed by atoms with van der Waals surface area (Å²) in [5.74, 6) is 0.709. The molecule has 0 spiro atoms. The van der Waals surface area contributed by atoms with Gasteiger partial charge in [0.2, 0.25) is 11.8 Å². The molecule has 2 amide bonds. The van der Waals surface area contributed by atoms with E-state index in [0.29, 0.717) is 24.2 Å². The highest BCUT2D eigenvalue weighted by Crippen LogP contribution is 2.25. The lowest BCUT2D eigenvalue weighted by atomic mass is 9.97. The molecule has 1 saturated heterocycles. The van der Waals surface area contributed by atoms with Gasteiger partial charge in [-0.1, -0.05) is 23.9 Å². The zero-order valence-corrected chi connectivity index (χ0v) is 18.0. The number of benzene rings is 1. The predicted molar refractivity (Wildman–Crippen MR) is 117 cm³/mol. The minimum absolute atomic E-state index is 0.00463. The first kappa shape index (κ1) is 21.5. The molecular weight excluding hydrogens is 417 g/mol. The van der Waals surface area contributed by atoms with Gasteiger partial charge in [-0.3, -0.25) is 9.59 Å². The molecule has 0 radical (unpaired) electrons. The molecule has 1 aliphatic carbocycles. The van der Waals surface area contributed by atoms with Gasteiger partial charge in [0, 0.05) is 25.7 Å². The molecule has 2 fully saturated rings. The van der Waals surface area contributed by atoms with Crippen LogP contribution in [0, 0.1) is 11.7 Å². The molecule has 0 unspecified atom stereocenters. The molecule has 4 rings (SSSR count). The highest BCUT2D eigenvalue weighted by molar-refractivity contribution is 7.99. The van der Waals surface area contributed by atoms with Crippen molar-refractivity contribution in [1.29, 1.82) is 0 Å². The number of piperidine rings is 1. The number of nitrogens with zero attached hydrogens (tertiary/aromatic N) is 3. The Morgan fingerprint density at radius 2 is 1.90 bits per heavy atom. The number of hydrogen-bond donors (Lipinski definition) is 2. The lowest BCUT2D eigenvalue weighted by Crippen LogP contribution is -2.44. The Bertz CT molecular complexity index is 905.